The molecule has 6 aliphatic rings. The number of amides is 2. The molecule has 6 fully saturated rings. The first-order valence-corrected chi connectivity index (χ1v) is 28.2. The van der Waals surface area contributed by atoms with Gasteiger partial charge in [0.25, 0.3) is 11.8 Å². The molecule has 0 bridgehead atoms. The molecule has 77 heavy (non-hydrogen) atoms. The Balaban J connectivity index is 0.000000182. The second kappa shape index (κ2) is 23.1. The first kappa shape index (κ1) is 53.7. The Hall–Kier alpha value is -6.69. The van der Waals surface area contributed by atoms with E-state index in [0.717, 1.165) is 80.0 Å². The Kier molecular flexibility index (Phi) is 16.1. The maximum Gasteiger partial charge on any atom is 0.271 e. The predicted octanol–water partition coefficient (Wildman–Crippen LogP) is 8.15. The van der Waals surface area contributed by atoms with E-state index < -0.39 is 11.8 Å². The van der Waals surface area contributed by atoms with Crippen molar-refractivity contribution < 1.29 is 14.4 Å². The van der Waals surface area contributed by atoms with Gasteiger partial charge in [0, 0.05) is 87.4 Å². The third-order valence-corrected chi connectivity index (χ3v) is 17.4. The third-order valence-electron chi connectivity index (χ3n) is 17.4. The van der Waals surface area contributed by atoms with Crippen LogP contribution in [-0.4, -0.2) is 132 Å². The molecular formula is C60H80N14O3. The molecule has 2 atom stereocenters. The molecule has 17 nitrogen and oxygen atoms in total. The number of nitrogens with one attached hydrogen (secondary N) is 2. The number of aromatic nitrogens is 4. The smallest absolute Gasteiger partial charge is 0.271 e. The van der Waals surface area contributed by atoms with Gasteiger partial charge in [-0.2, -0.15) is 0 Å². The first-order chi connectivity index (χ1) is 37.1. The summed E-state index contributed by atoms with van der Waals surface area (Å²) >= 11 is 0. The quantitative estimate of drug-likeness (QED) is 0.0589. The molecule has 17 heteroatoms. The van der Waals surface area contributed by atoms with E-state index in [1.165, 1.54) is 88.7 Å². The Labute approximate surface area is 454 Å². The average Bonchev–Trinajstić information content (AvgIpc) is 4.39. The zero-order chi connectivity index (χ0) is 53.8. The number of nitrogens with zero attached hydrogens (tertiary/aromatic N) is 9. The summed E-state index contributed by atoms with van der Waals surface area (Å²) in [6.45, 7) is 12.6. The minimum absolute atomic E-state index is 0.113. The highest BCUT2D eigenvalue weighted by atomic mass is 16.1. The second-order valence-corrected chi connectivity index (χ2v) is 23.5. The van der Waals surface area contributed by atoms with Crippen LogP contribution in [0.5, 0.6) is 0 Å². The van der Waals surface area contributed by atoms with Crippen molar-refractivity contribution in [3.05, 3.63) is 113 Å². The molecular weight excluding hydrogens is 965 g/mol. The molecule has 5 aromatic rings. The first-order valence-electron chi connectivity index (χ1n) is 28.2. The molecule has 6 heterocycles. The van der Waals surface area contributed by atoms with Crippen molar-refractivity contribution in [2.24, 2.45) is 23.1 Å². The number of ketones is 1. The lowest BCUT2D eigenvalue weighted by atomic mass is 9.74. The van der Waals surface area contributed by atoms with Gasteiger partial charge in [0.15, 0.2) is 28.8 Å². The number of rotatable bonds is 16. The van der Waals surface area contributed by atoms with Crippen LogP contribution in [0.3, 0.4) is 0 Å². The van der Waals surface area contributed by atoms with Crippen molar-refractivity contribution >= 4 is 57.9 Å². The Morgan fingerprint density at radius 3 is 1.45 bits per heavy atom. The van der Waals surface area contributed by atoms with Gasteiger partial charge in [-0.25, -0.2) is 19.9 Å². The Morgan fingerprint density at radius 1 is 0.597 bits per heavy atom. The van der Waals surface area contributed by atoms with Crippen molar-refractivity contribution in [1.29, 1.82) is 0 Å². The lowest BCUT2D eigenvalue weighted by Gasteiger charge is -2.40. The van der Waals surface area contributed by atoms with Crippen molar-refractivity contribution in [3.8, 4) is 0 Å². The highest BCUT2D eigenvalue weighted by molar-refractivity contribution is 5.98. The summed E-state index contributed by atoms with van der Waals surface area (Å²) in [6, 6.07) is 26.6. The lowest BCUT2D eigenvalue weighted by molar-refractivity contribution is 0.0953. The molecule has 0 spiro atoms. The summed E-state index contributed by atoms with van der Waals surface area (Å²) in [4.78, 5) is 67.2. The molecule has 0 unspecified atom stereocenters. The molecule has 11 rings (SSSR count). The van der Waals surface area contributed by atoms with E-state index in [-0.39, 0.29) is 40.0 Å². The van der Waals surface area contributed by atoms with E-state index in [1.807, 2.05) is 43.3 Å². The second-order valence-electron chi connectivity index (χ2n) is 23.5. The van der Waals surface area contributed by atoms with Crippen LogP contribution in [0, 0.1) is 5.92 Å². The van der Waals surface area contributed by atoms with Gasteiger partial charge in [0.1, 0.15) is 11.6 Å². The molecule has 0 radical (unpaired) electrons. The molecule has 8 N–H and O–H groups in total. The number of hydrogen-bond acceptors (Lipinski definition) is 15. The average molecular weight is 1050 g/mol. The molecule has 2 aromatic heterocycles. The van der Waals surface area contributed by atoms with Gasteiger partial charge in [0.2, 0.25) is 0 Å². The number of carbonyl (C=O) groups is 3. The standard InChI is InChI=1S/C35H45N7O2.C25H35N7O/c1-35(16-19-41(20-17-35)29-14-15-29)26-8-10-27(11-9-26)38-34-32(33(36)44)37-22-31(39-34)42-18-4-5-24(23-42)21-30(43)25-6-12-28(13-7-25)40(2)3;1-25(10-13-31(14-11-25)20-8-9-20)17-4-6-19(7-5-17)29-24-22(23(27)33)28-15-21(30-24)32-12-2-3-18(26)16-32/h6-13,22,24,29H,4-5,14-21,23H2,1-3H3,(H2,36,44)(H,38,39);4-7,15,18,20H,2-3,8-14,16,26H2,1H3,(H2,27,33)(H,29,30)/t24-;18-/m01/s1. The fraction of sp³-hybridized carbons (Fsp3) is 0.517. The van der Waals surface area contributed by atoms with Crippen molar-refractivity contribution in [3.63, 3.8) is 0 Å². The van der Waals surface area contributed by atoms with Gasteiger partial charge in [-0.15, -0.1) is 0 Å². The van der Waals surface area contributed by atoms with Gasteiger partial charge in [-0.3, -0.25) is 14.4 Å². The van der Waals surface area contributed by atoms with Crippen LogP contribution in [-0.2, 0) is 10.8 Å². The normalized spacial score (nSPS) is 21.6. The van der Waals surface area contributed by atoms with Gasteiger partial charge >= 0.3 is 0 Å². The van der Waals surface area contributed by atoms with Crippen LogP contribution in [0.15, 0.2) is 85.2 Å². The number of hydrogen-bond donors (Lipinski definition) is 5. The number of benzene rings is 3. The van der Waals surface area contributed by atoms with E-state index in [9.17, 15) is 14.4 Å². The SMILES string of the molecule is CC1(c2ccc(Nc3nc(N4CCC[C@@H](N)C4)cnc3C(N)=O)cc2)CCN(C2CC2)CC1.CN(C)c1ccc(C(=O)C[C@@H]2CCCN(c3cnc(C(N)=O)c(Nc4ccc(C5(C)CCN(C6CC6)CC5)cc4)n3)C2)cc1. The third kappa shape index (κ3) is 13.0. The number of piperidine rings is 4. The molecule has 2 saturated carbocycles. The molecule has 2 amide bonds. The molecule has 408 valence electrons. The van der Waals surface area contributed by atoms with E-state index in [1.54, 1.807) is 12.4 Å². The topological polar surface area (TPSA) is 221 Å². The van der Waals surface area contributed by atoms with Gasteiger partial charge in [-0.05, 0) is 180 Å². The summed E-state index contributed by atoms with van der Waals surface area (Å²) in [5.41, 5.74) is 24.2. The monoisotopic (exact) mass is 1040 g/mol. The van der Waals surface area contributed by atoms with Gasteiger partial charge in [-0.1, -0.05) is 38.1 Å². The van der Waals surface area contributed by atoms with Crippen molar-refractivity contribution in [1.82, 2.24) is 29.7 Å². The highest BCUT2D eigenvalue weighted by Gasteiger charge is 2.39. The van der Waals surface area contributed by atoms with E-state index in [2.05, 4.69) is 103 Å². The van der Waals surface area contributed by atoms with Crippen LogP contribution in [0.25, 0.3) is 0 Å². The summed E-state index contributed by atoms with van der Waals surface area (Å²) < 4.78 is 0. The number of nitrogens with two attached hydrogens (primary N) is 3. The number of likely N-dealkylation sites (tertiary alicyclic amines) is 2. The zero-order valence-corrected chi connectivity index (χ0v) is 45.7. The van der Waals surface area contributed by atoms with Gasteiger partial charge in [0.05, 0.1) is 12.4 Å². The zero-order valence-electron chi connectivity index (χ0n) is 45.7. The fourth-order valence-electron chi connectivity index (χ4n) is 12.0. The van der Waals surface area contributed by atoms with Crippen LogP contribution < -0.4 is 42.5 Å². The predicted molar refractivity (Wildman–Crippen MR) is 307 cm³/mol. The minimum atomic E-state index is -0.625. The minimum Gasteiger partial charge on any atom is -0.378 e. The summed E-state index contributed by atoms with van der Waals surface area (Å²) in [7, 11) is 3.98. The van der Waals surface area contributed by atoms with Crippen molar-refractivity contribution in [2.45, 2.75) is 126 Å². The fourth-order valence-corrected chi connectivity index (χ4v) is 12.0. The summed E-state index contributed by atoms with van der Waals surface area (Å²) in [6.07, 6.45) is 17.9. The van der Waals surface area contributed by atoms with Gasteiger partial charge < -0.3 is 52.3 Å². The maximum atomic E-state index is 13.1. The maximum absolute atomic E-state index is 13.1. The van der Waals surface area contributed by atoms with Crippen LogP contribution in [0.1, 0.15) is 140 Å². The summed E-state index contributed by atoms with van der Waals surface area (Å²) in [5, 5.41) is 6.59. The molecule has 4 aliphatic heterocycles. The number of primary amides is 2. The highest BCUT2D eigenvalue weighted by Crippen LogP contribution is 2.41. The largest absolute Gasteiger partial charge is 0.378 e. The molecule has 4 saturated heterocycles. The van der Waals surface area contributed by atoms with Crippen LogP contribution >= 0.6 is 0 Å². The molecule has 3 aromatic carbocycles. The van der Waals surface area contributed by atoms with Crippen LogP contribution in [0.4, 0.5) is 40.3 Å². The number of Topliss-reactive ketones (excluding diaryl/α,β-unsaturated/α-hetero) is 1. The molecule has 2 aliphatic carbocycles. The van der Waals surface area contributed by atoms with Crippen LogP contribution in [0.2, 0.25) is 0 Å². The number of carbonyl (C=O) groups excluding carboxylic acids is 3. The van der Waals surface area contributed by atoms with Crippen molar-refractivity contribution in [2.75, 3.05) is 91.8 Å². The van der Waals surface area contributed by atoms with E-state index >= 15 is 0 Å². The van der Waals surface area contributed by atoms with E-state index in [0.29, 0.717) is 36.2 Å². The Bertz CT molecular complexity index is 2850. The lowest BCUT2D eigenvalue weighted by Crippen LogP contribution is -2.43. The number of anilines is 7. The van der Waals surface area contributed by atoms with E-state index in [4.69, 9.17) is 27.2 Å². The Morgan fingerprint density at radius 2 is 1.04 bits per heavy atom. The summed E-state index contributed by atoms with van der Waals surface area (Å²) in [5.74, 6) is 1.27.